The van der Waals surface area contributed by atoms with Crippen LogP contribution < -0.4 is 0 Å². The maximum Gasteiger partial charge on any atom is 0.315 e. The molecule has 2 aliphatic rings. The number of hydrogen-bond acceptors (Lipinski definition) is 6. The minimum absolute atomic E-state index is 0.202. The van der Waals surface area contributed by atoms with Gasteiger partial charge in [0.1, 0.15) is 5.92 Å². The molecule has 31 heavy (non-hydrogen) atoms. The van der Waals surface area contributed by atoms with Crippen LogP contribution in [0.3, 0.4) is 0 Å². The predicted octanol–water partition coefficient (Wildman–Crippen LogP) is 3.09. The van der Waals surface area contributed by atoms with E-state index in [0.717, 1.165) is 32.4 Å². The van der Waals surface area contributed by atoms with Crippen LogP contribution in [0.4, 0.5) is 8.78 Å². The van der Waals surface area contributed by atoms with E-state index in [1.807, 2.05) is 27.0 Å². The molecule has 0 radical (unpaired) electrons. The Morgan fingerprint density at radius 1 is 1.35 bits per heavy atom. The van der Waals surface area contributed by atoms with Crippen LogP contribution in [-0.4, -0.2) is 69.7 Å². The van der Waals surface area contributed by atoms with E-state index in [0.29, 0.717) is 24.8 Å². The number of likely N-dealkylation sites (tertiary alicyclic amines) is 1. The SMILES string of the molecule is CCOC(=O)C(c1cn(CCC2CCN(C[C@@]3(CO)CC3(F)F)CC2)nn1)C(C)(C)C. The average molecular weight is 443 g/mol. The van der Waals surface area contributed by atoms with Gasteiger partial charge in [0.15, 0.2) is 0 Å². The number of aliphatic hydroxyl groups is 1. The van der Waals surface area contributed by atoms with Gasteiger partial charge in [0, 0.05) is 25.7 Å². The molecule has 0 aromatic carbocycles. The van der Waals surface area contributed by atoms with E-state index in [1.54, 1.807) is 11.6 Å². The monoisotopic (exact) mass is 442 g/mol. The van der Waals surface area contributed by atoms with Crippen LogP contribution >= 0.6 is 0 Å². The summed E-state index contributed by atoms with van der Waals surface area (Å²) < 4.78 is 34.2. The van der Waals surface area contributed by atoms with E-state index in [9.17, 15) is 18.7 Å². The number of carbonyl (C=O) groups is 1. The highest BCUT2D eigenvalue weighted by Crippen LogP contribution is 2.60. The predicted molar refractivity (Wildman–Crippen MR) is 112 cm³/mol. The normalized spacial score (nSPS) is 25.4. The molecule has 2 fully saturated rings. The molecule has 2 atom stereocenters. The summed E-state index contributed by atoms with van der Waals surface area (Å²) in [6.07, 6.45) is 4.45. The number of piperidine rings is 1. The molecule has 1 saturated heterocycles. The lowest BCUT2D eigenvalue weighted by Gasteiger charge is -2.34. The number of hydrogen-bond donors (Lipinski definition) is 1. The molecule has 0 bridgehead atoms. The first-order chi connectivity index (χ1) is 14.5. The third-order valence-corrected chi connectivity index (χ3v) is 6.75. The summed E-state index contributed by atoms with van der Waals surface area (Å²) >= 11 is 0. The van der Waals surface area contributed by atoms with Crippen molar-refractivity contribution in [3.63, 3.8) is 0 Å². The summed E-state index contributed by atoms with van der Waals surface area (Å²) in [5.74, 6) is -2.98. The quantitative estimate of drug-likeness (QED) is 0.592. The molecule has 0 amide bonds. The molecule has 1 aliphatic carbocycles. The molecule has 0 spiro atoms. The highest BCUT2D eigenvalue weighted by atomic mass is 19.3. The summed E-state index contributed by atoms with van der Waals surface area (Å²) in [5, 5.41) is 17.8. The molecule has 7 nitrogen and oxygen atoms in total. The Hall–Kier alpha value is -1.61. The number of esters is 1. The van der Waals surface area contributed by atoms with Gasteiger partial charge in [-0.25, -0.2) is 8.78 Å². The lowest BCUT2D eigenvalue weighted by molar-refractivity contribution is -0.147. The van der Waals surface area contributed by atoms with Gasteiger partial charge in [-0.2, -0.15) is 0 Å². The number of aryl methyl sites for hydroxylation is 1. The van der Waals surface area contributed by atoms with Crippen molar-refractivity contribution < 1.29 is 23.4 Å². The molecule has 9 heteroatoms. The second kappa shape index (κ2) is 9.10. The van der Waals surface area contributed by atoms with E-state index in [2.05, 4.69) is 15.2 Å². The Kier molecular flexibility index (Phi) is 7.05. The van der Waals surface area contributed by atoms with Crippen LogP contribution in [0.15, 0.2) is 6.20 Å². The van der Waals surface area contributed by atoms with E-state index in [1.165, 1.54) is 0 Å². The number of ether oxygens (including phenoxy) is 1. The van der Waals surface area contributed by atoms with Crippen LogP contribution in [0.1, 0.15) is 65.0 Å². The molecule has 1 aromatic rings. The van der Waals surface area contributed by atoms with Crippen LogP contribution in [0.5, 0.6) is 0 Å². The standard InChI is InChI=1S/C22H36F2N4O3/c1-5-31-19(30)18(20(2,3)4)17-12-28(26-25-17)11-8-16-6-9-27(10-7-16)14-21(15-29)13-22(21,23)24/h12,16,18,29H,5-11,13-15H2,1-4H3/t18?,21-/m1/s1. The number of alkyl halides is 2. The maximum absolute atomic E-state index is 13.6. The van der Waals surface area contributed by atoms with Gasteiger partial charge >= 0.3 is 5.97 Å². The lowest BCUT2D eigenvalue weighted by atomic mass is 9.79. The van der Waals surface area contributed by atoms with Crippen molar-refractivity contribution >= 4 is 5.97 Å². The molecule has 1 unspecified atom stereocenters. The van der Waals surface area contributed by atoms with Crippen molar-refractivity contribution in [1.29, 1.82) is 0 Å². The Balaban J connectivity index is 1.48. The molecule has 2 heterocycles. The summed E-state index contributed by atoms with van der Waals surface area (Å²) in [5.41, 5.74) is -0.926. The van der Waals surface area contributed by atoms with Crippen LogP contribution in [-0.2, 0) is 16.1 Å². The van der Waals surface area contributed by atoms with Gasteiger partial charge in [-0.1, -0.05) is 26.0 Å². The highest BCUT2D eigenvalue weighted by Gasteiger charge is 2.71. The van der Waals surface area contributed by atoms with Crippen molar-refractivity contribution in [2.45, 2.75) is 71.8 Å². The Morgan fingerprint density at radius 3 is 2.52 bits per heavy atom. The summed E-state index contributed by atoms with van der Waals surface area (Å²) in [4.78, 5) is 14.5. The lowest BCUT2D eigenvalue weighted by Crippen LogP contribution is -2.40. The minimum atomic E-state index is -2.72. The van der Waals surface area contributed by atoms with Crippen LogP contribution in [0.25, 0.3) is 0 Å². The number of rotatable bonds is 9. The molecule has 3 rings (SSSR count). The van der Waals surface area contributed by atoms with Crippen molar-refractivity contribution in [3.05, 3.63) is 11.9 Å². The van der Waals surface area contributed by atoms with Gasteiger partial charge in [-0.3, -0.25) is 9.48 Å². The van der Waals surface area contributed by atoms with Crippen molar-refractivity contribution in [1.82, 2.24) is 19.9 Å². The Morgan fingerprint density at radius 2 is 2.00 bits per heavy atom. The number of aromatic nitrogens is 3. The molecule has 1 N–H and O–H groups in total. The van der Waals surface area contributed by atoms with Gasteiger partial charge in [0.25, 0.3) is 5.92 Å². The first-order valence-corrected chi connectivity index (χ1v) is 11.3. The fourth-order valence-electron chi connectivity index (χ4n) is 4.65. The second-order valence-electron chi connectivity index (χ2n) is 10.3. The Bertz CT molecular complexity index is 756. The summed E-state index contributed by atoms with van der Waals surface area (Å²) in [7, 11) is 0. The average Bonchev–Trinajstić information content (AvgIpc) is 2.99. The van der Waals surface area contributed by atoms with Gasteiger partial charge in [0.2, 0.25) is 0 Å². The van der Waals surface area contributed by atoms with Crippen LogP contribution in [0.2, 0.25) is 0 Å². The smallest absolute Gasteiger partial charge is 0.315 e. The molecule has 1 aliphatic heterocycles. The number of nitrogens with zero attached hydrogens (tertiary/aromatic N) is 4. The zero-order valence-corrected chi connectivity index (χ0v) is 19.1. The zero-order valence-electron chi connectivity index (χ0n) is 19.1. The first-order valence-electron chi connectivity index (χ1n) is 11.3. The Labute approximate surface area is 183 Å². The van der Waals surface area contributed by atoms with Crippen molar-refractivity contribution in [3.8, 4) is 0 Å². The minimum Gasteiger partial charge on any atom is -0.465 e. The zero-order chi connectivity index (χ0) is 22.9. The molecular formula is C22H36F2N4O3. The molecular weight excluding hydrogens is 406 g/mol. The van der Waals surface area contributed by atoms with Gasteiger partial charge < -0.3 is 14.7 Å². The van der Waals surface area contributed by atoms with E-state index in [4.69, 9.17) is 4.74 Å². The molecule has 1 aromatic heterocycles. The maximum atomic E-state index is 13.6. The topological polar surface area (TPSA) is 80.5 Å². The molecule has 1 saturated carbocycles. The third-order valence-electron chi connectivity index (χ3n) is 6.75. The first kappa shape index (κ1) is 24.0. The molecule has 176 valence electrons. The van der Waals surface area contributed by atoms with Crippen molar-refractivity contribution in [2.24, 2.45) is 16.7 Å². The fraction of sp³-hybridized carbons (Fsp3) is 0.864. The highest BCUT2D eigenvalue weighted by molar-refractivity contribution is 5.78. The van der Waals surface area contributed by atoms with Crippen molar-refractivity contribution in [2.75, 3.05) is 32.8 Å². The van der Waals surface area contributed by atoms with Gasteiger partial charge in [-0.15, -0.1) is 5.10 Å². The number of aliphatic hydroxyl groups excluding tert-OH is 1. The summed E-state index contributed by atoms with van der Waals surface area (Å²) in [6, 6.07) is 0. The second-order valence-corrected chi connectivity index (χ2v) is 10.3. The largest absolute Gasteiger partial charge is 0.465 e. The number of carbonyl (C=O) groups excluding carboxylic acids is 1. The number of halogens is 2. The summed E-state index contributed by atoms with van der Waals surface area (Å²) in [6.45, 7) is 10.2. The van der Waals surface area contributed by atoms with E-state index < -0.39 is 23.9 Å². The van der Waals surface area contributed by atoms with Gasteiger partial charge in [-0.05, 0) is 50.6 Å². The third kappa shape index (κ3) is 5.42. The van der Waals surface area contributed by atoms with Gasteiger partial charge in [0.05, 0.1) is 24.3 Å². The van der Waals surface area contributed by atoms with E-state index >= 15 is 0 Å². The van der Waals surface area contributed by atoms with Crippen LogP contribution in [0, 0.1) is 16.7 Å². The fourth-order valence-corrected chi connectivity index (χ4v) is 4.65. The van der Waals surface area contributed by atoms with E-state index in [-0.39, 0.29) is 24.3 Å².